The molecule has 1 N–H and O–H groups in total. The van der Waals surface area contributed by atoms with E-state index >= 15 is 0 Å². The average molecular weight is 254 g/mol. The Bertz CT molecular complexity index is 195. The molecule has 1 aromatic heterocycles. The molecule has 50 valence electrons. The summed E-state index contributed by atoms with van der Waals surface area (Å²) in [6, 6.07) is 2.00. The number of aliphatic hydroxyl groups excluding tert-OH is 1. The number of aliphatic hydroxyl groups is 1. The predicted octanol–water partition coefficient (Wildman–Crippen LogP) is 2.41. The minimum absolute atomic E-state index is 0.315. The summed E-state index contributed by atoms with van der Waals surface area (Å²) in [5, 5.41) is 11.0. The molecule has 0 saturated heterocycles. The largest absolute Gasteiger partial charge is 0.389 e. The summed E-state index contributed by atoms with van der Waals surface area (Å²) in [6.45, 7) is 1.78. The third-order valence-electron chi connectivity index (χ3n) is 1.07. The number of hydrogen-bond acceptors (Lipinski definition) is 2. The number of halogens is 1. The van der Waals surface area contributed by atoms with Crippen LogP contribution in [-0.2, 0) is 0 Å². The first-order valence-electron chi connectivity index (χ1n) is 2.62. The maximum absolute atomic E-state index is 9.04. The van der Waals surface area contributed by atoms with E-state index in [1.54, 1.807) is 18.3 Å². The van der Waals surface area contributed by atoms with Crippen LogP contribution in [-0.4, -0.2) is 5.11 Å². The maximum Gasteiger partial charge on any atom is 0.0770 e. The molecule has 0 amide bonds. The van der Waals surface area contributed by atoms with Crippen LogP contribution in [0.4, 0.5) is 0 Å². The van der Waals surface area contributed by atoms with Gasteiger partial charge >= 0.3 is 0 Å². The quantitative estimate of drug-likeness (QED) is 0.763. The van der Waals surface area contributed by atoms with Crippen LogP contribution in [0.2, 0.25) is 0 Å². The van der Waals surface area contributed by atoms with Crippen molar-refractivity contribution in [1.82, 2.24) is 0 Å². The van der Waals surface area contributed by atoms with Crippen LogP contribution in [0, 0.1) is 2.88 Å². The normalized spacial score (nSPS) is 13.7. The van der Waals surface area contributed by atoms with E-state index in [0.717, 1.165) is 5.56 Å². The first-order chi connectivity index (χ1) is 4.20. The van der Waals surface area contributed by atoms with E-state index in [-0.39, 0.29) is 6.10 Å². The first kappa shape index (κ1) is 7.50. The van der Waals surface area contributed by atoms with E-state index in [2.05, 4.69) is 22.6 Å². The van der Waals surface area contributed by atoms with Gasteiger partial charge in [-0.1, -0.05) is 0 Å². The Kier molecular flexibility index (Phi) is 2.49. The lowest BCUT2D eigenvalue weighted by Crippen LogP contribution is -1.85. The third-order valence-corrected chi connectivity index (χ3v) is 2.88. The van der Waals surface area contributed by atoms with Gasteiger partial charge in [0.05, 0.1) is 8.99 Å². The molecule has 0 spiro atoms. The van der Waals surface area contributed by atoms with Crippen molar-refractivity contribution in [2.75, 3.05) is 0 Å². The fraction of sp³-hybridized carbons (Fsp3) is 0.333. The van der Waals surface area contributed by atoms with Crippen molar-refractivity contribution in [2.24, 2.45) is 0 Å². The molecule has 0 radical (unpaired) electrons. The van der Waals surface area contributed by atoms with Gasteiger partial charge in [0.2, 0.25) is 0 Å². The Balaban J connectivity index is 2.85. The number of rotatable bonds is 1. The molecule has 1 unspecified atom stereocenters. The van der Waals surface area contributed by atoms with Crippen molar-refractivity contribution in [2.45, 2.75) is 13.0 Å². The summed E-state index contributed by atoms with van der Waals surface area (Å²) >= 11 is 3.90. The second-order valence-corrected chi connectivity index (χ2v) is 4.67. The van der Waals surface area contributed by atoms with Crippen LogP contribution in [0.1, 0.15) is 18.6 Å². The summed E-state index contributed by atoms with van der Waals surface area (Å²) in [7, 11) is 0. The van der Waals surface area contributed by atoms with Gasteiger partial charge in [0.1, 0.15) is 0 Å². The van der Waals surface area contributed by atoms with E-state index in [1.807, 2.05) is 11.4 Å². The van der Waals surface area contributed by atoms with Crippen molar-refractivity contribution >= 4 is 33.9 Å². The second-order valence-electron chi connectivity index (χ2n) is 1.86. The molecule has 0 bridgehead atoms. The Morgan fingerprint density at radius 2 is 2.44 bits per heavy atom. The lowest BCUT2D eigenvalue weighted by molar-refractivity contribution is 0.200. The summed E-state index contributed by atoms with van der Waals surface area (Å²) in [4.78, 5) is 0. The summed E-state index contributed by atoms with van der Waals surface area (Å²) < 4.78 is 1.23. The van der Waals surface area contributed by atoms with Crippen LogP contribution in [0.3, 0.4) is 0 Å². The van der Waals surface area contributed by atoms with Gasteiger partial charge < -0.3 is 5.11 Å². The van der Waals surface area contributed by atoms with E-state index in [1.165, 1.54) is 2.88 Å². The molecule has 0 saturated carbocycles. The highest BCUT2D eigenvalue weighted by molar-refractivity contribution is 14.1. The molecule has 1 rings (SSSR count). The molecule has 1 nitrogen and oxygen atoms in total. The molecule has 0 aromatic carbocycles. The molecule has 1 aromatic rings. The zero-order valence-electron chi connectivity index (χ0n) is 4.97. The van der Waals surface area contributed by atoms with Crippen LogP contribution in [0.25, 0.3) is 0 Å². The van der Waals surface area contributed by atoms with Gasteiger partial charge in [-0.2, -0.15) is 0 Å². The minimum atomic E-state index is -0.315. The van der Waals surface area contributed by atoms with Crippen molar-refractivity contribution in [1.29, 1.82) is 0 Å². The third kappa shape index (κ3) is 1.91. The topological polar surface area (TPSA) is 20.2 Å². The van der Waals surface area contributed by atoms with Gasteiger partial charge in [0.15, 0.2) is 0 Å². The van der Waals surface area contributed by atoms with Crippen LogP contribution < -0.4 is 0 Å². The smallest absolute Gasteiger partial charge is 0.0770 e. The van der Waals surface area contributed by atoms with Gasteiger partial charge in [0, 0.05) is 0 Å². The highest BCUT2D eigenvalue weighted by atomic mass is 127. The molecule has 9 heavy (non-hydrogen) atoms. The minimum Gasteiger partial charge on any atom is -0.389 e. The SMILES string of the molecule is CC(O)c1csc(I)c1. The van der Waals surface area contributed by atoms with E-state index in [4.69, 9.17) is 5.11 Å². The summed E-state index contributed by atoms with van der Waals surface area (Å²) in [6.07, 6.45) is -0.315. The number of hydrogen-bond donors (Lipinski definition) is 1. The van der Waals surface area contributed by atoms with Gasteiger partial charge in [-0.3, -0.25) is 0 Å². The average Bonchev–Trinajstić information content (AvgIpc) is 2.14. The van der Waals surface area contributed by atoms with Crippen molar-refractivity contribution in [3.8, 4) is 0 Å². The van der Waals surface area contributed by atoms with E-state index in [0.29, 0.717) is 0 Å². The molecule has 0 fully saturated rings. The zero-order chi connectivity index (χ0) is 6.85. The van der Waals surface area contributed by atoms with Gasteiger partial charge in [-0.15, -0.1) is 11.3 Å². The fourth-order valence-corrected chi connectivity index (χ4v) is 2.00. The molecule has 0 aliphatic heterocycles. The Morgan fingerprint density at radius 1 is 1.78 bits per heavy atom. The lowest BCUT2D eigenvalue weighted by Gasteiger charge is -1.95. The second kappa shape index (κ2) is 2.98. The fourth-order valence-electron chi connectivity index (χ4n) is 0.542. The standard InChI is InChI=1S/C6H7IOS/c1-4(8)5-2-6(7)9-3-5/h2-4,8H,1H3. The van der Waals surface area contributed by atoms with Gasteiger partial charge in [0.25, 0.3) is 0 Å². The lowest BCUT2D eigenvalue weighted by atomic mass is 10.2. The zero-order valence-corrected chi connectivity index (χ0v) is 7.94. The Labute approximate surface area is 71.9 Å². The Morgan fingerprint density at radius 3 is 2.67 bits per heavy atom. The molecule has 0 aliphatic rings. The highest BCUT2D eigenvalue weighted by Gasteiger charge is 2.01. The van der Waals surface area contributed by atoms with Crippen molar-refractivity contribution in [3.05, 3.63) is 19.9 Å². The summed E-state index contributed by atoms with van der Waals surface area (Å²) in [5.74, 6) is 0. The highest BCUT2D eigenvalue weighted by Crippen LogP contribution is 2.21. The molecule has 1 heterocycles. The van der Waals surface area contributed by atoms with Crippen LogP contribution in [0.5, 0.6) is 0 Å². The predicted molar refractivity (Wildman–Crippen MR) is 47.7 cm³/mol. The van der Waals surface area contributed by atoms with Crippen LogP contribution in [0.15, 0.2) is 11.4 Å². The molecule has 0 aliphatic carbocycles. The van der Waals surface area contributed by atoms with E-state index < -0.39 is 0 Å². The van der Waals surface area contributed by atoms with Gasteiger partial charge in [-0.25, -0.2) is 0 Å². The molecule has 1 atom stereocenters. The molecular formula is C6H7IOS. The monoisotopic (exact) mass is 254 g/mol. The molecule has 3 heteroatoms. The van der Waals surface area contributed by atoms with Crippen molar-refractivity contribution in [3.63, 3.8) is 0 Å². The van der Waals surface area contributed by atoms with Gasteiger partial charge in [-0.05, 0) is 46.5 Å². The number of thiophene rings is 1. The Hall–Kier alpha value is 0.390. The van der Waals surface area contributed by atoms with Crippen LogP contribution >= 0.6 is 33.9 Å². The van der Waals surface area contributed by atoms with Crippen molar-refractivity contribution < 1.29 is 5.11 Å². The van der Waals surface area contributed by atoms with E-state index in [9.17, 15) is 0 Å². The molecular weight excluding hydrogens is 247 g/mol. The first-order valence-corrected chi connectivity index (χ1v) is 4.58. The maximum atomic E-state index is 9.04. The summed E-state index contributed by atoms with van der Waals surface area (Å²) in [5.41, 5.74) is 1.02.